The van der Waals surface area contributed by atoms with Crippen LogP contribution in [0.1, 0.15) is 73.5 Å². The zero-order valence-electron chi connectivity index (χ0n) is 27.0. The van der Waals surface area contributed by atoms with Gasteiger partial charge < -0.3 is 5.11 Å². The Morgan fingerprint density at radius 2 is 1.27 bits per heavy atom. The summed E-state index contributed by atoms with van der Waals surface area (Å²) in [5.41, 5.74) is 8.09. The first kappa shape index (κ1) is 31.9. The number of fused-ring (bicyclic) bond motifs is 1. The molecule has 0 atom stereocenters. The number of hydrogen-bond donors (Lipinski definition) is 1. The van der Waals surface area contributed by atoms with E-state index >= 15 is 0 Å². The largest absolute Gasteiger partial charge is 0.481 e. The zero-order valence-corrected chi connectivity index (χ0v) is 27.0. The van der Waals surface area contributed by atoms with Crippen LogP contribution in [0.3, 0.4) is 0 Å². The fourth-order valence-corrected chi connectivity index (χ4v) is 6.14. The molecule has 0 fully saturated rings. The zero-order chi connectivity index (χ0) is 32.1. The van der Waals surface area contributed by atoms with Gasteiger partial charge in [-0.25, -0.2) is 9.47 Å². The summed E-state index contributed by atoms with van der Waals surface area (Å²) in [7, 11) is 2.21. The van der Waals surface area contributed by atoms with Gasteiger partial charge in [-0.3, -0.25) is 14.0 Å². The van der Waals surface area contributed by atoms with Crippen molar-refractivity contribution in [2.75, 3.05) is 7.05 Å². The summed E-state index contributed by atoms with van der Waals surface area (Å²) in [5.74, 6) is 0.505. The van der Waals surface area contributed by atoms with Crippen molar-refractivity contribution in [1.29, 1.82) is 0 Å². The predicted octanol–water partition coefficient (Wildman–Crippen LogP) is 8.97. The van der Waals surface area contributed by atoms with Crippen molar-refractivity contribution in [3.63, 3.8) is 0 Å². The van der Waals surface area contributed by atoms with E-state index in [2.05, 4.69) is 83.3 Å². The van der Waals surface area contributed by atoms with Gasteiger partial charge in [-0.1, -0.05) is 58.0 Å². The van der Waals surface area contributed by atoms with Gasteiger partial charge in [0.05, 0.1) is 18.3 Å². The van der Waals surface area contributed by atoms with Crippen LogP contribution in [-0.2, 0) is 24.1 Å². The maximum atomic E-state index is 13.8. The fraction of sp³-hybridized carbons (Fsp3) is 0.308. The average Bonchev–Trinajstić information content (AvgIpc) is 3.39. The van der Waals surface area contributed by atoms with Crippen LogP contribution < -0.4 is 4.48 Å². The lowest BCUT2D eigenvalue weighted by atomic mass is 10.0. The van der Waals surface area contributed by atoms with E-state index in [-0.39, 0.29) is 12.2 Å². The second-order valence-electron chi connectivity index (χ2n) is 13.0. The number of pyridine rings is 1. The number of aryl methyl sites for hydroxylation is 1. The number of hydrogen-bond acceptors (Lipinski definition) is 3. The van der Waals surface area contributed by atoms with Crippen LogP contribution in [0.4, 0.5) is 17.1 Å². The number of imidazole rings is 1. The Labute approximate surface area is 266 Å². The minimum atomic E-state index is -0.835. The minimum absolute atomic E-state index is 0.0640. The molecule has 3 aromatic carbocycles. The van der Waals surface area contributed by atoms with Crippen LogP contribution >= 0.6 is 0 Å². The first-order valence-electron chi connectivity index (χ1n) is 15.9. The van der Waals surface area contributed by atoms with E-state index in [0.29, 0.717) is 40.5 Å². The molecule has 6 nitrogen and oxygen atoms in total. The topological polar surface area (TPSA) is 71.7 Å². The molecule has 0 aliphatic carbocycles. The van der Waals surface area contributed by atoms with Crippen molar-refractivity contribution in [1.82, 2.24) is 13.9 Å². The number of carbonyl (C=O) groups excluding carboxylic acids is 1. The SMILES string of the molecule is CC(C)Cc1ccc([N+](C)(c2ccc(CC(C)C)cc2)c2ccc(C(=O)c3nc(CCCC(=O)O)c4ccccn34)cc2)cc1. The quantitative estimate of drug-likeness (QED) is 0.108. The van der Waals surface area contributed by atoms with Crippen molar-refractivity contribution in [3.05, 3.63) is 125 Å². The van der Waals surface area contributed by atoms with E-state index in [4.69, 9.17) is 10.1 Å². The molecular weight excluding hydrogens is 558 g/mol. The minimum Gasteiger partial charge on any atom is -0.481 e. The summed E-state index contributed by atoms with van der Waals surface area (Å²) < 4.78 is 2.27. The molecule has 0 bridgehead atoms. The molecule has 2 heterocycles. The van der Waals surface area contributed by atoms with Gasteiger partial charge in [0.25, 0.3) is 0 Å². The number of quaternary nitrogens is 1. The van der Waals surface area contributed by atoms with Gasteiger partial charge >= 0.3 is 5.97 Å². The van der Waals surface area contributed by atoms with E-state index in [0.717, 1.165) is 41.1 Å². The number of aromatic nitrogens is 2. The third-order valence-corrected chi connectivity index (χ3v) is 8.47. The number of aliphatic carboxylic acids is 1. The maximum absolute atomic E-state index is 13.8. The van der Waals surface area contributed by atoms with E-state index in [1.54, 1.807) is 0 Å². The third-order valence-electron chi connectivity index (χ3n) is 8.47. The van der Waals surface area contributed by atoms with E-state index in [1.165, 1.54) is 11.1 Å². The molecule has 0 aliphatic rings. The highest BCUT2D eigenvalue weighted by Crippen LogP contribution is 2.42. The molecule has 0 saturated carbocycles. The normalized spacial score (nSPS) is 11.9. The number of ketones is 1. The summed E-state index contributed by atoms with van der Waals surface area (Å²) in [5, 5.41) is 9.08. The Morgan fingerprint density at radius 3 is 1.76 bits per heavy atom. The molecule has 0 aliphatic heterocycles. The number of carboxylic acids is 1. The molecule has 0 saturated heterocycles. The molecule has 1 N–H and O–H groups in total. The van der Waals surface area contributed by atoms with Crippen LogP contribution in [0.5, 0.6) is 0 Å². The van der Waals surface area contributed by atoms with Crippen LogP contribution in [0.2, 0.25) is 0 Å². The van der Waals surface area contributed by atoms with Crippen LogP contribution in [0.25, 0.3) is 5.52 Å². The molecule has 5 rings (SSSR count). The van der Waals surface area contributed by atoms with E-state index in [1.807, 2.05) is 53.1 Å². The molecule has 0 amide bonds. The van der Waals surface area contributed by atoms with Crippen molar-refractivity contribution in [3.8, 4) is 0 Å². The highest BCUT2D eigenvalue weighted by Gasteiger charge is 2.32. The van der Waals surface area contributed by atoms with E-state index < -0.39 is 5.97 Å². The van der Waals surface area contributed by atoms with Crippen molar-refractivity contribution in [2.45, 2.75) is 59.8 Å². The smallest absolute Gasteiger partial charge is 0.303 e. The van der Waals surface area contributed by atoms with Gasteiger partial charge in [0.2, 0.25) is 5.78 Å². The van der Waals surface area contributed by atoms with E-state index in [9.17, 15) is 9.59 Å². The van der Waals surface area contributed by atoms with Gasteiger partial charge in [0.1, 0.15) is 17.1 Å². The molecule has 0 radical (unpaired) electrons. The Morgan fingerprint density at radius 1 is 0.756 bits per heavy atom. The van der Waals surface area contributed by atoms with Gasteiger partial charge in [-0.05, 0) is 72.9 Å². The molecular formula is C39H44N3O3+. The Balaban J connectivity index is 1.50. The number of nitrogens with zero attached hydrogens (tertiary/aromatic N) is 3. The Bertz CT molecular complexity index is 1710. The molecule has 2 aromatic heterocycles. The first-order valence-corrected chi connectivity index (χ1v) is 15.9. The second kappa shape index (κ2) is 13.6. The van der Waals surface area contributed by atoms with Gasteiger partial charge in [0, 0.05) is 54.6 Å². The fourth-order valence-electron chi connectivity index (χ4n) is 6.14. The van der Waals surface area contributed by atoms with Crippen LogP contribution in [-0.4, -0.2) is 33.3 Å². The second-order valence-corrected chi connectivity index (χ2v) is 13.0. The molecule has 5 aromatic rings. The Kier molecular flexibility index (Phi) is 9.64. The highest BCUT2D eigenvalue weighted by atomic mass is 16.4. The summed E-state index contributed by atoms with van der Waals surface area (Å²) in [6.07, 6.45) is 4.93. The molecule has 0 spiro atoms. The summed E-state index contributed by atoms with van der Waals surface area (Å²) >= 11 is 0. The number of benzene rings is 3. The monoisotopic (exact) mass is 602 g/mol. The highest BCUT2D eigenvalue weighted by molar-refractivity contribution is 6.07. The van der Waals surface area contributed by atoms with Crippen molar-refractivity contribution >= 4 is 34.3 Å². The maximum Gasteiger partial charge on any atom is 0.303 e. The van der Waals surface area contributed by atoms with Gasteiger partial charge in [0.15, 0.2) is 5.82 Å². The number of carbonyl (C=O) groups is 2. The first-order chi connectivity index (χ1) is 21.6. The van der Waals surface area contributed by atoms with Crippen molar-refractivity contribution in [2.24, 2.45) is 11.8 Å². The summed E-state index contributed by atoms with van der Waals surface area (Å²) in [6, 6.07) is 31.4. The lowest BCUT2D eigenvalue weighted by Crippen LogP contribution is -2.33. The lowest BCUT2D eigenvalue weighted by molar-refractivity contribution is -0.137. The predicted molar refractivity (Wildman–Crippen MR) is 183 cm³/mol. The van der Waals surface area contributed by atoms with Gasteiger partial charge in [-0.15, -0.1) is 0 Å². The molecule has 0 unspecified atom stereocenters. The number of carboxylic acid groups (broad SMARTS) is 1. The lowest BCUT2D eigenvalue weighted by Gasteiger charge is -2.33. The molecule has 6 heteroatoms. The summed E-state index contributed by atoms with van der Waals surface area (Å²) in [6.45, 7) is 8.95. The molecule has 232 valence electrons. The molecule has 45 heavy (non-hydrogen) atoms. The standard InChI is InChI=1S/C39H43N3O3/c1-27(2)25-29-12-18-32(19-13-29)42(5,33-20-14-30(15-21-33)26-28(3)4)34-22-16-31(17-23-34)38(45)39-40-35(9-8-11-37(43)44)36-10-6-7-24-41(36)39/h6-7,10,12-24,27-28H,8-9,11,25-26H2,1-5H3/p+1. The van der Waals surface area contributed by atoms with Crippen LogP contribution in [0.15, 0.2) is 97.2 Å². The third kappa shape index (κ3) is 7.07. The van der Waals surface area contributed by atoms with Crippen molar-refractivity contribution < 1.29 is 14.7 Å². The summed E-state index contributed by atoms with van der Waals surface area (Å²) in [4.78, 5) is 29.6. The average molecular weight is 603 g/mol. The number of rotatable bonds is 13. The van der Waals surface area contributed by atoms with Gasteiger partial charge in [-0.2, -0.15) is 0 Å². The van der Waals surface area contributed by atoms with Crippen LogP contribution in [0, 0.1) is 11.8 Å². The Hall–Kier alpha value is -4.55.